The molecule has 3 rings (SSSR count). The number of benzene rings is 2. The maximum atomic E-state index is 13.3. The van der Waals surface area contributed by atoms with Gasteiger partial charge in [-0.3, -0.25) is 4.79 Å². The molecule has 0 unspecified atom stereocenters. The summed E-state index contributed by atoms with van der Waals surface area (Å²) in [5.74, 6) is 0.782. The first-order valence-electron chi connectivity index (χ1n) is 10.7. The molecular weight excluding hydrogens is 468 g/mol. The molecule has 0 radical (unpaired) electrons. The number of hydrogen-bond acceptors (Lipinski definition) is 6. The number of halogens is 1. The van der Waals surface area contributed by atoms with E-state index in [1.54, 1.807) is 45.4 Å². The van der Waals surface area contributed by atoms with Crippen LogP contribution in [-0.2, 0) is 21.4 Å². The molecule has 0 aromatic heterocycles. The number of hydrogen-bond donors (Lipinski definition) is 1. The van der Waals surface area contributed by atoms with Crippen molar-refractivity contribution >= 4 is 27.5 Å². The highest BCUT2D eigenvalue weighted by Gasteiger charge is 2.35. The smallest absolute Gasteiger partial charge is 0.246 e. The molecule has 0 spiro atoms. The van der Waals surface area contributed by atoms with Crippen molar-refractivity contribution in [3.05, 3.63) is 47.0 Å². The Bertz CT molecular complexity index is 1090. The molecule has 1 N–H and O–H groups in total. The van der Waals surface area contributed by atoms with Gasteiger partial charge in [0.2, 0.25) is 15.9 Å². The molecule has 0 bridgehead atoms. The second-order valence-corrected chi connectivity index (χ2v) is 9.98. The maximum Gasteiger partial charge on any atom is 0.246 e. The normalized spacial score (nSPS) is 16.8. The summed E-state index contributed by atoms with van der Waals surface area (Å²) in [7, 11) is -0.766. The second-order valence-electron chi connectivity index (χ2n) is 7.63. The van der Waals surface area contributed by atoms with Gasteiger partial charge in [0.05, 0.1) is 26.7 Å². The van der Waals surface area contributed by atoms with Crippen LogP contribution in [0.15, 0.2) is 41.3 Å². The van der Waals surface area contributed by atoms with Crippen molar-refractivity contribution in [1.29, 1.82) is 0 Å². The van der Waals surface area contributed by atoms with Gasteiger partial charge in [0.15, 0.2) is 11.5 Å². The van der Waals surface area contributed by atoms with Gasteiger partial charge < -0.3 is 19.5 Å². The van der Waals surface area contributed by atoms with Gasteiger partial charge in [0.1, 0.15) is 10.6 Å². The molecule has 1 amide bonds. The predicted octanol–water partition coefficient (Wildman–Crippen LogP) is 3.47. The van der Waals surface area contributed by atoms with E-state index in [4.69, 9.17) is 25.8 Å². The zero-order chi connectivity index (χ0) is 24.0. The molecule has 2 aromatic rings. The molecule has 0 aliphatic carbocycles. The van der Waals surface area contributed by atoms with Crippen LogP contribution in [0.5, 0.6) is 17.2 Å². The third-order valence-electron chi connectivity index (χ3n) is 5.49. The van der Waals surface area contributed by atoms with Crippen molar-refractivity contribution in [3.8, 4) is 17.2 Å². The molecule has 1 saturated heterocycles. The van der Waals surface area contributed by atoms with Crippen LogP contribution in [0, 0.1) is 5.92 Å². The Morgan fingerprint density at radius 2 is 1.85 bits per heavy atom. The third kappa shape index (κ3) is 5.90. The molecule has 1 atom stereocenters. The molecule has 180 valence electrons. The Morgan fingerprint density at radius 3 is 2.55 bits per heavy atom. The van der Waals surface area contributed by atoms with E-state index in [9.17, 15) is 13.2 Å². The van der Waals surface area contributed by atoms with Crippen molar-refractivity contribution in [2.45, 2.75) is 31.2 Å². The Labute approximate surface area is 199 Å². The number of carbonyl (C=O) groups excluding carboxylic acids is 1. The average Bonchev–Trinajstić information content (AvgIpc) is 2.83. The summed E-state index contributed by atoms with van der Waals surface area (Å²) in [6, 6.07) is 9.94. The quantitative estimate of drug-likeness (QED) is 0.571. The number of nitrogens with zero attached hydrogens (tertiary/aromatic N) is 1. The summed E-state index contributed by atoms with van der Waals surface area (Å²) in [6.45, 7) is 2.83. The molecule has 2 aromatic carbocycles. The summed E-state index contributed by atoms with van der Waals surface area (Å²) >= 11 is 6.06. The van der Waals surface area contributed by atoms with Crippen molar-refractivity contribution in [2.75, 3.05) is 33.9 Å². The molecule has 10 heteroatoms. The highest BCUT2D eigenvalue weighted by Crippen LogP contribution is 2.32. The lowest BCUT2D eigenvalue weighted by Gasteiger charge is -2.31. The van der Waals surface area contributed by atoms with Crippen LogP contribution >= 0.6 is 11.6 Å². The van der Waals surface area contributed by atoms with Crippen molar-refractivity contribution in [1.82, 2.24) is 9.62 Å². The van der Waals surface area contributed by atoms with Gasteiger partial charge in [-0.15, -0.1) is 0 Å². The van der Waals surface area contributed by atoms with Gasteiger partial charge in [-0.1, -0.05) is 17.7 Å². The number of piperidine rings is 1. The number of nitrogens with one attached hydrogen (secondary N) is 1. The fourth-order valence-corrected chi connectivity index (χ4v) is 5.71. The van der Waals surface area contributed by atoms with E-state index < -0.39 is 15.9 Å². The summed E-state index contributed by atoms with van der Waals surface area (Å²) in [4.78, 5) is 12.9. The Kier molecular flexibility index (Phi) is 8.45. The second kappa shape index (κ2) is 11.1. The minimum atomic E-state index is -3.87. The Morgan fingerprint density at radius 1 is 1.12 bits per heavy atom. The molecule has 1 fully saturated rings. The van der Waals surface area contributed by atoms with Gasteiger partial charge >= 0.3 is 0 Å². The van der Waals surface area contributed by atoms with E-state index in [2.05, 4.69) is 5.32 Å². The SMILES string of the molecule is CCOc1ccc(Cl)cc1S(=O)(=O)N1CCC[C@@H](C(=O)NCc2ccc(OC)c(OC)c2)C1. The molecule has 1 aliphatic rings. The van der Waals surface area contributed by atoms with Gasteiger partial charge in [-0.2, -0.15) is 4.31 Å². The molecule has 0 saturated carbocycles. The Hall–Kier alpha value is -2.49. The van der Waals surface area contributed by atoms with Crippen LogP contribution in [-0.4, -0.2) is 52.5 Å². The van der Waals surface area contributed by atoms with Gasteiger partial charge in [0.25, 0.3) is 0 Å². The van der Waals surface area contributed by atoms with E-state index in [1.807, 2.05) is 6.07 Å². The molecule has 8 nitrogen and oxygen atoms in total. The monoisotopic (exact) mass is 496 g/mol. The highest BCUT2D eigenvalue weighted by atomic mass is 35.5. The summed E-state index contributed by atoms with van der Waals surface area (Å²) in [5.41, 5.74) is 0.849. The number of methoxy groups -OCH3 is 2. The van der Waals surface area contributed by atoms with Crippen LogP contribution in [0.4, 0.5) is 0 Å². The van der Waals surface area contributed by atoms with E-state index in [-0.39, 0.29) is 23.1 Å². The fraction of sp³-hybridized carbons (Fsp3) is 0.435. The van der Waals surface area contributed by atoms with E-state index in [1.165, 1.54) is 10.4 Å². The van der Waals surface area contributed by atoms with E-state index in [0.29, 0.717) is 49.1 Å². The lowest BCUT2D eigenvalue weighted by Crippen LogP contribution is -2.45. The van der Waals surface area contributed by atoms with Gasteiger partial charge in [-0.05, 0) is 55.7 Å². The molecule has 33 heavy (non-hydrogen) atoms. The highest BCUT2D eigenvalue weighted by molar-refractivity contribution is 7.89. The zero-order valence-corrected chi connectivity index (χ0v) is 20.5. The largest absolute Gasteiger partial charge is 0.493 e. The lowest BCUT2D eigenvalue weighted by molar-refractivity contribution is -0.126. The van der Waals surface area contributed by atoms with Crippen LogP contribution in [0.2, 0.25) is 5.02 Å². The molecule has 1 aliphatic heterocycles. The standard InChI is InChI=1S/C23H29ClN2O6S/c1-4-32-20-10-8-18(24)13-22(20)33(28,29)26-11-5-6-17(15-26)23(27)25-14-16-7-9-19(30-2)21(12-16)31-3/h7-10,12-13,17H,4-6,11,14-15H2,1-3H3,(H,25,27)/t17-/m1/s1. The van der Waals surface area contributed by atoms with Crippen LogP contribution in [0.25, 0.3) is 0 Å². The minimum absolute atomic E-state index is 0.0169. The van der Waals surface area contributed by atoms with E-state index >= 15 is 0 Å². The first kappa shape index (κ1) is 25.1. The fourth-order valence-electron chi connectivity index (χ4n) is 3.80. The van der Waals surface area contributed by atoms with Crippen molar-refractivity contribution in [2.24, 2.45) is 5.92 Å². The molecule has 1 heterocycles. The number of carbonyl (C=O) groups is 1. The lowest BCUT2D eigenvalue weighted by atomic mass is 9.98. The first-order chi connectivity index (χ1) is 15.8. The number of amides is 1. The van der Waals surface area contributed by atoms with Crippen LogP contribution in [0.1, 0.15) is 25.3 Å². The zero-order valence-electron chi connectivity index (χ0n) is 19.0. The topological polar surface area (TPSA) is 94.2 Å². The summed E-state index contributed by atoms with van der Waals surface area (Å²) in [6.07, 6.45) is 1.19. The van der Waals surface area contributed by atoms with Crippen molar-refractivity contribution < 1.29 is 27.4 Å². The van der Waals surface area contributed by atoms with Gasteiger partial charge in [0, 0.05) is 24.7 Å². The Balaban J connectivity index is 1.70. The predicted molar refractivity (Wildman–Crippen MR) is 125 cm³/mol. The minimum Gasteiger partial charge on any atom is -0.493 e. The number of rotatable bonds is 9. The first-order valence-corrected chi connectivity index (χ1v) is 12.5. The van der Waals surface area contributed by atoms with Crippen molar-refractivity contribution in [3.63, 3.8) is 0 Å². The van der Waals surface area contributed by atoms with E-state index in [0.717, 1.165) is 5.56 Å². The van der Waals surface area contributed by atoms with Crippen LogP contribution in [0.3, 0.4) is 0 Å². The molecular formula is C23H29ClN2O6S. The third-order valence-corrected chi connectivity index (χ3v) is 7.61. The summed E-state index contributed by atoms with van der Waals surface area (Å²) in [5, 5.41) is 3.21. The number of ether oxygens (including phenoxy) is 3. The summed E-state index contributed by atoms with van der Waals surface area (Å²) < 4.78 is 44.1. The van der Waals surface area contributed by atoms with Crippen LogP contribution < -0.4 is 19.5 Å². The maximum absolute atomic E-state index is 13.3. The average molecular weight is 497 g/mol. The number of sulfonamides is 1. The van der Waals surface area contributed by atoms with Gasteiger partial charge in [-0.25, -0.2) is 8.42 Å².